The molecule has 3 aliphatic carbocycles. The third-order valence-corrected chi connectivity index (χ3v) is 4.13. The number of ketones is 1. The standard InChI is InChI=1S/C11H14O2/c12-5-8-4-9(13)11-7-2-1-6(3-7)10(8)11/h1-2,6-8,10-12H,3-5H2/t6-,7+,8-,10-,11+/m1/s1. The van der Waals surface area contributed by atoms with Gasteiger partial charge in [-0.1, -0.05) is 12.2 Å². The van der Waals surface area contributed by atoms with Crippen molar-refractivity contribution < 1.29 is 9.90 Å². The van der Waals surface area contributed by atoms with Crippen LogP contribution in [-0.2, 0) is 4.79 Å². The molecule has 0 aliphatic heterocycles. The lowest BCUT2D eigenvalue weighted by molar-refractivity contribution is -0.121. The first-order valence-electron chi connectivity index (χ1n) is 5.13. The predicted octanol–water partition coefficient (Wildman–Crippen LogP) is 1.01. The second kappa shape index (κ2) is 2.44. The number of hydrogen-bond donors (Lipinski definition) is 1. The van der Waals surface area contributed by atoms with Crippen molar-refractivity contribution in [3.63, 3.8) is 0 Å². The van der Waals surface area contributed by atoms with Gasteiger partial charge in [-0.3, -0.25) is 4.79 Å². The Kier molecular flexibility index (Phi) is 1.46. The first-order valence-corrected chi connectivity index (χ1v) is 5.13. The molecule has 0 heterocycles. The second-order valence-corrected chi connectivity index (χ2v) is 4.66. The molecule has 0 aromatic heterocycles. The van der Waals surface area contributed by atoms with Crippen molar-refractivity contribution in [3.05, 3.63) is 12.2 Å². The van der Waals surface area contributed by atoms with Gasteiger partial charge in [0.05, 0.1) is 0 Å². The van der Waals surface area contributed by atoms with Crippen molar-refractivity contribution in [2.45, 2.75) is 12.8 Å². The van der Waals surface area contributed by atoms with Gasteiger partial charge >= 0.3 is 0 Å². The Morgan fingerprint density at radius 3 is 2.92 bits per heavy atom. The lowest BCUT2D eigenvalue weighted by atomic mass is 9.81. The van der Waals surface area contributed by atoms with Gasteiger partial charge in [0.25, 0.3) is 0 Å². The zero-order valence-corrected chi connectivity index (χ0v) is 7.52. The molecule has 0 radical (unpaired) electrons. The topological polar surface area (TPSA) is 37.3 Å². The van der Waals surface area contributed by atoms with E-state index in [4.69, 9.17) is 0 Å². The molecule has 0 unspecified atom stereocenters. The molecule has 0 aromatic rings. The lowest BCUT2D eigenvalue weighted by Gasteiger charge is -2.23. The molecule has 2 fully saturated rings. The molecule has 0 aromatic carbocycles. The number of hydrogen-bond acceptors (Lipinski definition) is 2. The van der Waals surface area contributed by atoms with Crippen molar-refractivity contribution in [2.75, 3.05) is 6.61 Å². The highest BCUT2D eigenvalue weighted by atomic mass is 16.3. The summed E-state index contributed by atoms with van der Waals surface area (Å²) in [6, 6.07) is 0. The fourth-order valence-corrected chi connectivity index (χ4v) is 3.67. The van der Waals surface area contributed by atoms with Crippen LogP contribution in [0.25, 0.3) is 0 Å². The summed E-state index contributed by atoms with van der Waals surface area (Å²) in [5, 5.41) is 9.18. The van der Waals surface area contributed by atoms with E-state index in [1.165, 1.54) is 0 Å². The quantitative estimate of drug-likeness (QED) is 0.608. The lowest BCUT2D eigenvalue weighted by Crippen LogP contribution is -2.23. The summed E-state index contributed by atoms with van der Waals surface area (Å²) in [5.41, 5.74) is 0. The van der Waals surface area contributed by atoms with Crippen LogP contribution in [0.3, 0.4) is 0 Å². The molecule has 0 amide bonds. The summed E-state index contributed by atoms with van der Waals surface area (Å²) in [4.78, 5) is 11.7. The van der Waals surface area contributed by atoms with Crippen LogP contribution in [-0.4, -0.2) is 17.5 Å². The minimum Gasteiger partial charge on any atom is -0.396 e. The molecule has 5 atom stereocenters. The molecule has 1 N–H and O–H groups in total. The summed E-state index contributed by atoms with van der Waals surface area (Å²) in [7, 11) is 0. The van der Waals surface area contributed by atoms with Crippen LogP contribution in [0.4, 0.5) is 0 Å². The summed E-state index contributed by atoms with van der Waals surface area (Å²) in [6.45, 7) is 0.198. The maximum atomic E-state index is 11.7. The normalized spacial score (nSPS) is 51.8. The third-order valence-electron chi connectivity index (χ3n) is 4.13. The Morgan fingerprint density at radius 2 is 2.15 bits per heavy atom. The second-order valence-electron chi connectivity index (χ2n) is 4.66. The monoisotopic (exact) mass is 178 g/mol. The van der Waals surface area contributed by atoms with Crippen LogP contribution < -0.4 is 0 Å². The average molecular weight is 178 g/mol. The van der Waals surface area contributed by atoms with Gasteiger partial charge in [0.1, 0.15) is 5.78 Å². The summed E-state index contributed by atoms with van der Waals surface area (Å²) >= 11 is 0. The van der Waals surface area contributed by atoms with Crippen LogP contribution in [0.15, 0.2) is 12.2 Å². The van der Waals surface area contributed by atoms with E-state index in [9.17, 15) is 9.90 Å². The van der Waals surface area contributed by atoms with Crippen LogP contribution in [0.5, 0.6) is 0 Å². The number of Topliss-reactive ketones (excluding diaryl/α,β-unsaturated/α-hetero) is 1. The van der Waals surface area contributed by atoms with Crippen molar-refractivity contribution >= 4 is 5.78 Å². The van der Waals surface area contributed by atoms with Crippen LogP contribution >= 0.6 is 0 Å². The van der Waals surface area contributed by atoms with Gasteiger partial charge in [-0.2, -0.15) is 0 Å². The smallest absolute Gasteiger partial charge is 0.137 e. The number of carbonyl (C=O) groups is 1. The predicted molar refractivity (Wildman–Crippen MR) is 47.9 cm³/mol. The zero-order valence-electron chi connectivity index (χ0n) is 7.52. The Hall–Kier alpha value is -0.630. The average Bonchev–Trinajstić information content (AvgIpc) is 2.76. The van der Waals surface area contributed by atoms with Crippen molar-refractivity contribution in [3.8, 4) is 0 Å². The van der Waals surface area contributed by atoms with E-state index in [1.54, 1.807) is 0 Å². The Morgan fingerprint density at radius 1 is 1.38 bits per heavy atom. The third kappa shape index (κ3) is 0.845. The van der Waals surface area contributed by atoms with Crippen LogP contribution in [0.2, 0.25) is 0 Å². The molecule has 2 saturated carbocycles. The number of fused-ring (bicyclic) bond motifs is 5. The van der Waals surface area contributed by atoms with Gasteiger partial charge in [0.15, 0.2) is 0 Å². The van der Waals surface area contributed by atoms with E-state index >= 15 is 0 Å². The number of carbonyl (C=O) groups excluding carboxylic acids is 1. The molecule has 13 heavy (non-hydrogen) atoms. The molecule has 3 rings (SSSR count). The maximum absolute atomic E-state index is 11.7. The minimum atomic E-state index is 0.198. The number of allylic oxidation sites excluding steroid dienone is 2. The number of aliphatic hydroxyl groups excluding tert-OH is 1. The number of aliphatic hydroxyl groups is 1. The SMILES string of the molecule is O=C1C[C@H](CO)[C@@H]2[C@H]1[C@H]1C=C[C@@H]2C1. The first kappa shape index (κ1) is 7.74. The Balaban J connectivity index is 1.97. The van der Waals surface area contributed by atoms with E-state index in [0.29, 0.717) is 30.0 Å². The summed E-state index contributed by atoms with van der Waals surface area (Å²) < 4.78 is 0. The van der Waals surface area contributed by atoms with Gasteiger partial charge in [-0.25, -0.2) is 0 Å². The molecule has 3 aliphatic rings. The van der Waals surface area contributed by atoms with Gasteiger partial charge in [0.2, 0.25) is 0 Å². The van der Waals surface area contributed by atoms with E-state index in [1.807, 2.05) is 0 Å². The molecule has 0 saturated heterocycles. The maximum Gasteiger partial charge on any atom is 0.137 e. The van der Waals surface area contributed by atoms with Crippen molar-refractivity contribution in [2.24, 2.45) is 29.6 Å². The molecule has 2 heteroatoms. The van der Waals surface area contributed by atoms with E-state index in [0.717, 1.165) is 6.42 Å². The molecule has 70 valence electrons. The zero-order chi connectivity index (χ0) is 9.00. The van der Waals surface area contributed by atoms with E-state index in [2.05, 4.69) is 12.2 Å². The van der Waals surface area contributed by atoms with Gasteiger partial charge in [-0.15, -0.1) is 0 Å². The van der Waals surface area contributed by atoms with Crippen LogP contribution in [0.1, 0.15) is 12.8 Å². The highest BCUT2D eigenvalue weighted by Crippen LogP contribution is 2.55. The molecule has 2 nitrogen and oxygen atoms in total. The fraction of sp³-hybridized carbons (Fsp3) is 0.727. The van der Waals surface area contributed by atoms with Gasteiger partial charge < -0.3 is 5.11 Å². The Labute approximate surface area is 77.6 Å². The summed E-state index contributed by atoms with van der Waals surface area (Å²) in [6.07, 6.45) is 6.26. The Bertz CT molecular complexity index is 282. The summed E-state index contributed by atoms with van der Waals surface area (Å²) in [5.74, 6) is 2.52. The van der Waals surface area contributed by atoms with Crippen molar-refractivity contribution in [1.29, 1.82) is 0 Å². The highest BCUT2D eigenvalue weighted by Gasteiger charge is 2.54. The van der Waals surface area contributed by atoms with Crippen molar-refractivity contribution in [1.82, 2.24) is 0 Å². The number of rotatable bonds is 1. The largest absolute Gasteiger partial charge is 0.396 e. The molecule has 0 spiro atoms. The van der Waals surface area contributed by atoms with Crippen LogP contribution in [0, 0.1) is 29.6 Å². The molecular formula is C11H14O2. The minimum absolute atomic E-state index is 0.198. The molecular weight excluding hydrogens is 164 g/mol. The first-order chi connectivity index (χ1) is 6.31. The fourth-order valence-electron chi connectivity index (χ4n) is 3.67. The van der Waals surface area contributed by atoms with Gasteiger partial charge in [-0.05, 0) is 30.1 Å². The molecule has 2 bridgehead atoms. The van der Waals surface area contributed by atoms with E-state index < -0.39 is 0 Å². The van der Waals surface area contributed by atoms with E-state index in [-0.39, 0.29) is 18.4 Å². The highest BCUT2D eigenvalue weighted by molar-refractivity contribution is 5.85. The van der Waals surface area contributed by atoms with Gasteiger partial charge in [0, 0.05) is 18.9 Å².